The Hall–Kier alpha value is -8.03. The van der Waals surface area contributed by atoms with E-state index in [0.29, 0.717) is 12.1 Å². The zero-order valence-electron chi connectivity index (χ0n) is 55.9. The second-order valence-electron chi connectivity index (χ2n) is 27.2. The van der Waals surface area contributed by atoms with Crippen LogP contribution in [0.3, 0.4) is 0 Å². The number of aliphatic carboxylic acids is 1. The predicted molar refractivity (Wildman–Crippen MR) is 354 cm³/mol. The van der Waals surface area contributed by atoms with Crippen molar-refractivity contribution in [1.82, 2.24) is 5.32 Å². The van der Waals surface area contributed by atoms with E-state index in [-0.39, 0.29) is 47.1 Å². The van der Waals surface area contributed by atoms with Crippen molar-refractivity contribution in [3.63, 3.8) is 0 Å². The molecule has 0 aromatic heterocycles. The molecule has 2 bridgehead atoms. The fourth-order valence-electron chi connectivity index (χ4n) is 15.2. The summed E-state index contributed by atoms with van der Waals surface area (Å²) < 4.78 is 31.4. The molecule has 0 aliphatic heterocycles. The average Bonchev–Trinajstić information content (AvgIpc) is 0.670. The predicted octanol–water partition coefficient (Wildman–Crippen LogP) is 12.6. The van der Waals surface area contributed by atoms with E-state index in [1.807, 2.05) is 12.1 Å². The molecular formula is C76H96N2O17. The van der Waals surface area contributed by atoms with Crippen LogP contribution in [0.5, 0.6) is 0 Å². The highest BCUT2D eigenvalue weighted by Gasteiger charge is 2.77. The Balaban J connectivity index is 1.00. The van der Waals surface area contributed by atoms with E-state index in [9.17, 15) is 43.8 Å². The molecule has 5 N–H and O–H groups in total. The molecule has 95 heavy (non-hydrogen) atoms. The number of carboxylic acid groups (broad SMARTS) is 1. The summed E-state index contributed by atoms with van der Waals surface area (Å²) in [4.78, 5) is 126. The molecule has 3 fully saturated rings. The molecule has 4 aromatic rings. The molecule has 3 saturated carbocycles. The molecular weight excluding hydrogens is 1210 g/mol. The third kappa shape index (κ3) is 17.5. The van der Waals surface area contributed by atoms with Gasteiger partial charge in [-0.25, -0.2) is 9.59 Å². The number of nitrogens with one attached hydrogen (secondary N) is 2. The standard InChI is InChI=1S/C76H96N2O17/c1-49-58(48-76(90)69(94-71(88)55-37-29-23-30-38-55)67-74(6,59(81)46-56-44-45-75(56,67)95-51(3)80)68(86)65(91-50(2)79)63(49)73(76,4)5)92-72(89)66(64(53-33-25-21-26-34-53)78-70(87)54-35-27-22-28-36-54)93-62(85)47-60(82)77-57-42-40-52(41-43-57)32-24-19-17-15-13-11-9-7-8-10-12-14-16-18-20-31-39-61(83)84/h21-23,25-30,33-38,40-43,56,58-59,64-67,69,81,90H,7-20,24,31-32,39,44-48H2,1-6H3,(H,77,82)(H,78,87)(H,83,84)/t56-,58+,59+,64+,65-,66-,67+,69+,74-,75+,76-/m1/s1. The molecule has 512 valence electrons. The summed E-state index contributed by atoms with van der Waals surface area (Å²) in [5.41, 5.74) is -5.81. The summed E-state index contributed by atoms with van der Waals surface area (Å²) in [6, 6.07) is 29.9. The third-order valence-electron chi connectivity index (χ3n) is 20.5. The van der Waals surface area contributed by atoms with Gasteiger partial charge < -0.3 is 49.6 Å². The Bertz CT molecular complexity index is 3350. The number of ketones is 1. The van der Waals surface area contributed by atoms with Crippen molar-refractivity contribution in [2.24, 2.45) is 22.7 Å². The lowest BCUT2D eigenvalue weighted by atomic mass is 9.41. The molecule has 0 saturated heterocycles. The lowest BCUT2D eigenvalue weighted by molar-refractivity contribution is -0.296. The third-order valence-corrected chi connectivity index (χ3v) is 20.5. The Morgan fingerprint density at radius 1 is 0.653 bits per heavy atom. The number of hydrogen-bond donors (Lipinski definition) is 5. The number of aryl methyl sites for hydroxylation is 1. The van der Waals surface area contributed by atoms with Crippen LogP contribution in [0, 0.1) is 22.7 Å². The number of carboxylic acids is 1. The largest absolute Gasteiger partial charge is 0.481 e. The van der Waals surface area contributed by atoms with Crippen LogP contribution in [0.15, 0.2) is 126 Å². The summed E-state index contributed by atoms with van der Waals surface area (Å²) in [7, 11) is 0. The first-order chi connectivity index (χ1) is 45.4. The Labute approximate surface area is 557 Å². The number of amides is 2. The quantitative estimate of drug-likeness (QED) is 0.00974. The molecule has 8 rings (SSSR count). The van der Waals surface area contributed by atoms with E-state index < -0.39 is 137 Å². The highest BCUT2D eigenvalue weighted by atomic mass is 16.6. The lowest BCUT2D eigenvalue weighted by Gasteiger charge is -2.68. The summed E-state index contributed by atoms with van der Waals surface area (Å²) in [5, 5.41) is 40.9. The zero-order valence-corrected chi connectivity index (χ0v) is 55.9. The van der Waals surface area contributed by atoms with Crippen LogP contribution in [0.4, 0.5) is 5.69 Å². The highest BCUT2D eigenvalue weighted by molar-refractivity contribution is 6.02. The molecule has 19 nitrogen and oxygen atoms in total. The van der Waals surface area contributed by atoms with E-state index >= 15 is 9.59 Å². The van der Waals surface area contributed by atoms with E-state index in [1.165, 1.54) is 97.1 Å². The number of anilines is 1. The highest BCUT2D eigenvalue weighted by Crippen LogP contribution is 2.67. The molecule has 4 aliphatic carbocycles. The molecule has 11 atom stereocenters. The van der Waals surface area contributed by atoms with Crippen molar-refractivity contribution in [3.05, 3.63) is 149 Å². The normalized spacial score (nSPS) is 24.7. The van der Waals surface area contributed by atoms with Gasteiger partial charge in [-0.3, -0.25) is 33.6 Å². The van der Waals surface area contributed by atoms with Crippen molar-refractivity contribution in [2.75, 3.05) is 5.32 Å². The number of esters is 5. The van der Waals surface area contributed by atoms with Gasteiger partial charge in [-0.2, -0.15) is 0 Å². The molecule has 4 aliphatic rings. The van der Waals surface area contributed by atoms with Gasteiger partial charge in [0.15, 0.2) is 11.9 Å². The van der Waals surface area contributed by atoms with Gasteiger partial charge in [-0.05, 0) is 111 Å². The molecule has 0 heterocycles. The average molecular weight is 1310 g/mol. The number of ether oxygens (including phenoxy) is 5. The van der Waals surface area contributed by atoms with E-state index in [2.05, 4.69) is 10.6 Å². The Morgan fingerprint density at radius 3 is 1.72 bits per heavy atom. The van der Waals surface area contributed by atoms with E-state index in [0.717, 1.165) is 57.4 Å². The van der Waals surface area contributed by atoms with Crippen molar-refractivity contribution in [2.45, 2.75) is 237 Å². The van der Waals surface area contributed by atoms with Gasteiger partial charge in [0.1, 0.15) is 35.9 Å². The Morgan fingerprint density at radius 2 is 1.19 bits per heavy atom. The van der Waals surface area contributed by atoms with Crippen LogP contribution in [0.2, 0.25) is 0 Å². The summed E-state index contributed by atoms with van der Waals surface area (Å²) in [5.74, 6) is -10.2. The van der Waals surface area contributed by atoms with Gasteiger partial charge in [-0.1, -0.05) is 183 Å². The number of rotatable bonds is 33. The van der Waals surface area contributed by atoms with E-state index in [4.69, 9.17) is 28.8 Å². The Kier molecular flexibility index (Phi) is 25.4. The monoisotopic (exact) mass is 1310 g/mol. The molecule has 0 radical (unpaired) electrons. The minimum Gasteiger partial charge on any atom is -0.481 e. The van der Waals surface area contributed by atoms with Crippen LogP contribution >= 0.6 is 0 Å². The second-order valence-corrected chi connectivity index (χ2v) is 27.2. The number of unbranched alkanes of at least 4 members (excludes halogenated alkanes) is 15. The van der Waals surface area contributed by atoms with Crippen molar-refractivity contribution in [3.8, 4) is 0 Å². The van der Waals surface area contributed by atoms with Gasteiger partial charge in [0.25, 0.3) is 5.91 Å². The summed E-state index contributed by atoms with van der Waals surface area (Å²) >= 11 is 0. The summed E-state index contributed by atoms with van der Waals surface area (Å²) in [6.07, 6.45) is 9.75. The van der Waals surface area contributed by atoms with Gasteiger partial charge >= 0.3 is 35.8 Å². The number of hydrogen-bond acceptors (Lipinski definition) is 16. The number of fused-ring (bicyclic) bond motifs is 5. The molecule has 4 aromatic carbocycles. The minimum atomic E-state index is -2.47. The maximum Gasteiger partial charge on any atom is 0.350 e. The number of aliphatic hydroxyl groups is 2. The maximum absolute atomic E-state index is 16.0. The first-order valence-corrected chi connectivity index (χ1v) is 34.1. The number of benzene rings is 4. The van der Waals surface area contributed by atoms with Crippen molar-refractivity contribution >= 4 is 59.1 Å². The molecule has 19 heteroatoms. The first kappa shape index (κ1) is 72.8. The van der Waals surface area contributed by atoms with Gasteiger partial charge in [-0.15, -0.1) is 0 Å². The second kappa shape index (κ2) is 33.1. The van der Waals surface area contributed by atoms with Gasteiger partial charge in [0.05, 0.1) is 23.0 Å². The minimum absolute atomic E-state index is 0.0376. The fraction of sp³-hybridized carbons (Fsp3) is 0.539. The summed E-state index contributed by atoms with van der Waals surface area (Å²) in [6.45, 7) is 8.38. The van der Waals surface area contributed by atoms with Crippen LogP contribution in [-0.4, -0.2) is 110 Å². The fourth-order valence-corrected chi connectivity index (χ4v) is 15.2. The van der Waals surface area contributed by atoms with Crippen LogP contribution in [0.1, 0.15) is 221 Å². The smallest absolute Gasteiger partial charge is 0.350 e. The van der Waals surface area contributed by atoms with Gasteiger partial charge in [0.2, 0.25) is 12.0 Å². The first-order valence-electron chi connectivity index (χ1n) is 34.1. The lowest BCUT2D eigenvalue weighted by Crippen LogP contribution is -2.78. The SMILES string of the molecule is CC(=O)O[C@H]1C(=O)[C@@]2(C)[C@H]([C@H](OC(=O)c3ccccc3)[C@]3(O)C[C@H](OC(=O)[C@H](OC(=O)CC(=O)Nc4ccc(CCCCCCCCCCCCCCCCCCC(=O)O)cc4)[C@@H](NC(=O)c4ccccc4)c4ccccc4)C(C)=C1C3(C)C)[C@]1(OC(C)=O)CC[C@@H]1C[C@@H]2O. The van der Waals surface area contributed by atoms with Crippen LogP contribution in [0.25, 0.3) is 0 Å². The number of aliphatic hydroxyl groups excluding tert-OH is 1. The number of Topliss-reactive ketones (excluding diaryl/α,β-unsaturated/α-hetero) is 1. The van der Waals surface area contributed by atoms with E-state index in [1.54, 1.807) is 105 Å². The zero-order chi connectivity index (χ0) is 68.5. The van der Waals surface area contributed by atoms with Crippen molar-refractivity contribution < 1.29 is 82.2 Å². The maximum atomic E-state index is 16.0. The van der Waals surface area contributed by atoms with Crippen LogP contribution in [-0.2, 0) is 63.7 Å². The van der Waals surface area contributed by atoms with Crippen LogP contribution < -0.4 is 10.6 Å². The molecule has 0 unspecified atom stereocenters. The van der Waals surface area contributed by atoms with Gasteiger partial charge in [0, 0.05) is 49.3 Å². The molecule has 0 spiro atoms. The molecule has 2 amide bonds. The van der Waals surface area contributed by atoms with Crippen molar-refractivity contribution in [1.29, 1.82) is 0 Å². The number of carbonyl (C=O) groups is 9. The topological polar surface area (TPSA) is 285 Å². The number of carbonyl (C=O) groups excluding carboxylic acids is 8.